The van der Waals surface area contributed by atoms with Crippen molar-refractivity contribution >= 4 is 15.9 Å². The van der Waals surface area contributed by atoms with Crippen molar-refractivity contribution in [2.75, 3.05) is 32.7 Å². The number of benzene rings is 1. The summed E-state index contributed by atoms with van der Waals surface area (Å²) in [6.07, 6.45) is 1.66. The molecule has 0 atom stereocenters. The van der Waals surface area contributed by atoms with Gasteiger partial charge in [-0.25, -0.2) is 8.42 Å². The zero-order chi connectivity index (χ0) is 18.2. The fourth-order valence-electron chi connectivity index (χ4n) is 3.61. The highest BCUT2D eigenvalue weighted by atomic mass is 32.2. The number of aryl methyl sites for hydroxylation is 3. The largest absolute Gasteiger partial charge is 0.339 e. The summed E-state index contributed by atoms with van der Waals surface area (Å²) in [6.45, 7) is 8.37. The number of carbonyl (C=O) groups excluding carboxylic acids is 1. The SMILES string of the molecule is Cc1cc(C)c(S(=O)(=O)N(CC(=O)N2CCNCC2)C2CC2)c(C)c1. The van der Waals surface area contributed by atoms with E-state index in [2.05, 4.69) is 5.32 Å². The van der Waals surface area contributed by atoms with Gasteiger partial charge in [0.15, 0.2) is 0 Å². The Morgan fingerprint density at radius 3 is 2.24 bits per heavy atom. The Morgan fingerprint density at radius 1 is 1.16 bits per heavy atom. The minimum atomic E-state index is -3.68. The summed E-state index contributed by atoms with van der Waals surface area (Å²) in [5.41, 5.74) is 2.54. The van der Waals surface area contributed by atoms with Crippen LogP contribution in [-0.4, -0.2) is 62.3 Å². The molecule has 7 heteroatoms. The lowest BCUT2D eigenvalue weighted by Gasteiger charge is -2.30. The minimum Gasteiger partial charge on any atom is -0.339 e. The van der Waals surface area contributed by atoms with Crippen LogP contribution in [0.5, 0.6) is 0 Å². The molecule has 25 heavy (non-hydrogen) atoms. The Morgan fingerprint density at radius 2 is 1.72 bits per heavy atom. The molecular weight excluding hydrogens is 338 g/mol. The Bertz CT molecular complexity index is 743. The van der Waals surface area contributed by atoms with E-state index in [9.17, 15) is 13.2 Å². The predicted molar refractivity (Wildman–Crippen MR) is 97.0 cm³/mol. The zero-order valence-electron chi connectivity index (χ0n) is 15.2. The maximum absolute atomic E-state index is 13.3. The molecule has 6 nitrogen and oxygen atoms in total. The molecule has 0 radical (unpaired) electrons. The first-order valence-corrected chi connectivity index (χ1v) is 10.3. The molecule has 2 aliphatic rings. The molecule has 1 heterocycles. The standard InChI is InChI=1S/C18H27N3O3S/c1-13-10-14(2)18(15(3)11-13)25(23,24)21(16-4-5-16)12-17(22)20-8-6-19-7-9-20/h10-11,16,19H,4-9,12H2,1-3H3. The molecule has 1 saturated carbocycles. The van der Waals surface area contributed by atoms with Gasteiger partial charge in [-0.2, -0.15) is 4.31 Å². The summed E-state index contributed by atoms with van der Waals surface area (Å²) in [5.74, 6) is -0.0978. The molecule has 1 N–H and O–H groups in total. The van der Waals surface area contributed by atoms with Gasteiger partial charge >= 0.3 is 0 Å². The number of hydrogen-bond donors (Lipinski definition) is 1. The van der Waals surface area contributed by atoms with Gasteiger partial charge in [-0.1, -0.05) is 17.7 Å². The number of sulfonamides is 1. The summed E-state index contributed by atoms with van der Waals surface area (Å²) in [5, 5.41) is 3.21. The van der Waals surface area contributed by atoms with Gasteiger partial charge in [-0.3, -0.25) is 4.79 Å². The van der Waals surface area contributed by atoms with Gasteiger partial charge in [-0.05, 0) is 44.7 Å². The van der Waals surface area contributed by atoms with E-state index in [0.29, 0.717) is 18.0 Å². The van der Waals surface area contributed by atoms with Crippen LogP contribution in [-0.2, 0) is 14.8 Å². The Kier molecular flexibility index (Phi) is 5.18. The predicted octanol–water partition coefficient (Wildman–Crippen LogP) is 1.20. The van der Waals surface area contributed by atoms with Crippen LogP contribution in [0.25, 0.3) is 0 Å². The van der Waals surface area contributed by atoms with Crippen LogP contribution < -0.4 is 5.32 Å². The van der Waals surface area contributed by atoms with Crippen molar-refractivity contribution in [3.05, 3.63) is 28.8 Å². The third kappa shape index (κ3) is 3.88. The maximum Gasteiger partial charge on any atom is 0.244 e. The molecule has 138 valence electrons. The number of piperazine rings is 1. The second-order valence-electron chi connectivity index (χ2n) is 7.14. The maximum atomic E-state index is 13.3. The van der Waals surface area contributed by atoms with Gasteiger partial charge in [-0.15, -0.1) is 0 Å². The smallest absolute Gasteiger partial charge is 0.244 e. The monoisotopic (exact) mass is 365 g/mol. The summed E-state index contributed by atoms with van der Waals surface area (Å²) in [7, 11) is -3.68. The number of nitrogens with one attached hydrogen (secondary N) is 1. The molecule has 3 rings (SSSR count). The summed E-state index contributed by atoms with van der Waals surface area (Å²) < 4.78 is 28.1. The Hall–Kier alpha value is -1.44. The Balaban J connectivity index is 1.88. The molecule has 0 unspecified atom stereocenters. The molecule has 2 fully saturated rings. The highest BCUT2D eigenvalue weighted by molar-refractivity contribution is 7.89. The first-order chi connectivity index (χ1) is 11.8. The van der Waals surface area contributed by atoms with Crippen molar-refractivity contribution in [1.29, 1.82) is 0 Å². The van der Waals surface area contributed by atoms with Gasteiger partial charge in [0.2, 0.25) is 15.9 Å². The third-order valence-corrected chi connectivity index (χ3v) is 7.09. The molecule has 1 aromatic carbocycles. The van der Waals surface area contributed by atoms with Crippen molar-refractivity contribution < 1.29 is 13.2 Å². The summed E-state index contributed by atoms with van der Waals surface area (Å²) in [6, 6.07) is 3.74. The first-order valence-electron chi connectivity index (χ1n) is 8.89. The van der Waals surface area contributed by atoms with Crippen molar-refractivity contribution in [1.82, 2.24) is 14.5 Å². The van der Waals surface area contributed by atoms with Crippen LogP contribution in [0.15, 0.2) is 17.0 Å². The van der Waals surface area contributed by atoms with E-state index in [0.717, 1.165) is 42.6 Å². The quantitative estimate of drug-likeness (QED) is 0.851. The molecule has 0 bridgehead atoms. The van der Waals surface area contributed by atoms with Gasteiger partial charge in [0.05, 0.1) is 11.4 Å². The fourth-order valence-corrected chi connectivity index (χ4v) is 5.66. The highest BCUT2D eigenvalue weighted by Crippen LogP contribution is 2.34. The van der Waals surface area contributed by atoms with Crippen molar-refractivity contribution in [2.24, 2.45) is 0 Å². The van der Waals surface area contributed by atoms with Gasteiger partial charge in [0.25, 0.3) is 0 Å². The lowest BCUT2D eigenvalue weighted by molar-refractivity contribution is -0.132. The van der Waals surface area contributed by atoms with Gasteiger partial charge in [0.1, 0.15) is 0 Å². The van der Waals surface area contributed by atoms with E-state index in [1.807, 2.05) is 32.9 Å². The molecule has 1 amide bonds. The lowest BCUT2D eigenvalue weighted by atomic mass is 10.1. The summed E-state index contributed by atoms with van der Waals surface area (Å²) >= 11 is 0. The van der Waals surface area contributed by atoms with E-state index in [1.165, 1.54) is 4.31 Å². The van der Waals surface area contributed by atoms with E-state index in [-0.39, 0.29) is 18.5 Å². The minimum absolute atomic E-state index is 0.0445. The first kappa shape index (κ1) is 18.4. The van der Waals surface area contributed by atoms with Crippen LogP contribution in [0.2, 0.25) is 0 Å². The number of nitrogens with zero attached hydrogens (tertiary/aromatic N) is 2. The molecule has 0 aromatic heterocycles. The fraction of sp³-hybridized carbons (Fsp3) is 0.611. The van der Waals surface area contributed by atoms with E-state index >= 15 is 0 Å². The topological polar surface area (TPSA) is 69.7 Å². The highest BCUT2D eigenvalue weighted by Gasteiger charge is 2.41. The lowest BCUT2D eigenvalue weighted by Crippen LogP contribution is -2.50. The molecule has 1 aliphatic carbocycles. The van der Waals surface area contributed by atoms with Crippen LogP contribution in [0.3, 0.4) is 0 Å². The number of hydrogen-bond acceptors (Lipinski definition) is 4. The van der Waals surface area contributed by atoms with Crippen LogP contribution in [0.1, 0.15) is 29.5 Å². The van der Waals surface area contributed by atoms with Crippen molar-refractivity contribution in [3.63, 3.8) is 0 Å². The van der Waals surface area contributed by atoms with Gasteiger partial charge < -0.3 is 10.2 Å². The molecule has 1 saturated heterocycles. The molecule has 1 aromatic rings. The summed E-state index contributed by atoms with van der Waals surface area (Å²) in [4.78, 5) is 14.8. The molecular formula is C18H27N3O3S. The van der Waals surface area contributed by atoms with E-state index < -0.39 is 10.0 Å². The van der Waals surface area contributed by atoms with E-state index in [4.69, 9.17) is 0 Å². The second kappa shape index (κ2) is 7.05. The van der Waals surface area contributed by atoms with Crippen molar-refractivity contribution in [2.45, 2.75) is 44.6 Å². The van der Waals surface area contributed by atoms with Crippen LogP contribution >= 0.6 is 0 Å². The second-order valence-corrected chi connectivity index (χ2v) is 8.97. The average molecular weight is 365 g/mol. The van der Waals surface area contributed by atoms with Gasteiger partial charge in [0, 0.05) is 32.2 Å². The number of rotatable bonds is 5. The third-order valence-electron chi connectivity index (χ3n) is 4.89. The van der Waals surface area contributed by atoms with Crippen LogP contribution in [0.4, 0.5) is 0 Å². The van der Waals surface area contributed by atoms with E-state index in [1.54, 1.807) is 4.90 Å². The number of amides is 1. The Labute approximate surface area is 150 Å². The van der Waals surface area contributed by atoms with Crippen LogP contribution in [0, 0.1) is 20.8 Å². The average Bonchev–Trinajstić information content (AvgIpc) is 3.36. The van der Waals surface area contributed by atoms with Crippen molar-refractivity contribution in [3.8, 4) is 0 Å². The number of carbonyl (C=O) groups is 1. The normalized spacial score (nSPS) is 18.6. The zero-order valence-corrected chi connectivity index (χ0v) is 16.0. The molecule has 0 spiro atoms. The molecule has 1 aliphatic heterocycles.